The lowest BCUT2D eigenvalue weighted by molar-refractivity contribution is 1.41. The molecule has 0 aliphatic carbocycles. The highest BCUT2D eigenvalue weighted by atomic mass is 32.2. The van der Waals surface area contributed by atoms with Crippen LogP contribution in [0.5, 0.6) is 0 Å². The first-order chi connectivity index (χ1) is 11.8. The Kier molecular flexibility index (Phi) is 4.03. The topological polar surface area (TPSA) is 0 Å². The molecular weight excluding hydrogens is 308 g/mol. The van der Waals surface area contributed by atoms with Crippen LogP contribution in [0.15, 0.2) is 72.8 Å². The van der Waals surface area contributed by atoms with Crippen molar-refractivity contribution in [2.24, 2.45) is 0 Å². The first-order valence-corrected chi connectivity index (χ1v) is 9.67. The van der Waals surface area contributed by atoms with Gasteiger partial charge in [-0.15, -0.1) is 0 Å². The van der Waals surface area contributed by atoms with E-state index < -0.39 is 0 Å². The number of rotatable bonds is 3. The standard InChI is InChI=1S/C23H20S/c1-16-11-12-17-7-3-5-9-20(17)22(16)23-19(15-24-2)14-13-18-8-4-6-10-21(18)23/h3-14H,15H2,1-2H3. The van der Waals surface area contributed by atoms with Gasteiger partial charge in [0.15, 0.2) is 0 Å². The Bertz CT molecular complexity index is 1030. The maximum atomic E-state index is 2.30. The van der Waals surface area contributed by atoms with Gasteiger partial charge in [0.1, 0.15) is 0 Å². The van der Waals surface area contributed by atoms with Gasteiger partial charge in [-0.05, 0) is 57.0 Å². The van der Waals surface area contributed by atoms with Crippen LogP contribution in [0.2, 0.25) is 0 Å². The summed E-state index contributed by atoms with van der Waals surface area (Å²) in [5, 5.41) is 5.31. The molecule has 0 saturated heterocycles. The van der Waals surface area contributed by atoms with E-state index in [2.05, 4.69) is 86.0 Å². The maximum Gasteiger partial charge on any atom is 0.0188 e. The Labute approximate surface area is 147 Å². The summed E-state index contributed by atoms with van der Waals surface area (Å²) in [7, 11) is 0. The quantitative estimate of drug-likeness (QED) is 0.397. The first kappa shape index (κ1) is 15.3. The van der Waals surface area contributed by atoms with Crippen LogP contribution >= 0.6 is 11.8 Å². The smallest absolute Gasteiger partial charge is 0.0188 e. The number of benzene rings is 4. The van der Waals surface area contributed by atoms with Crippen LogP contribution in [-0.2, 0) is 5.75 Å². The van der Waals surface area contributed by atoms with Crippen molar-refractivity contribution in [2.75, 3.05) is 6.26 Å². The molecule has 0 bridgehead atoms. The fraction of sp³-hybridized carbons (Fsp3) is 0.130. The highest BCUT2D eigenvalue weighted by Crippen LogP contribution is 2.39. The summed E-state index contributed by atoms with van der Waals surface area (Å²) in [6.07, 6.45) is 2.18. The molecule has 4 aromatic rings. The zero-order chi connectivity index (χ0) is 16.5. The first-order valence-electron chi connectivity index (χ1n) is 8.28. The van der Waals surface area contributed by atoms with Crippen molar-refractivity contribution >= 4 is 33.3 Å². The number of hydrogen-bond acceptors (Lipinski definition) is 1. The van der Waals surface area contributed by atoms with Crippen LogP contribution in [0.4, 0.5) is 0 Å². The van der Waals surface area contributed by atoms with E-state index in [9.17, 15) is 0 Å². The molecule has 0 radical (unpaired) electrons. The molecule has 0 N–H and O–H groups in total. The summed E-state index contributed by atoms with van der Waals surface area (Å²) in [4.78, 5) is 0. The predicted molar refractivity (Wildman–Crippen MR) is 109 cm³/mol. The second-order valence-corrected chi connectivity index (χ2v) is 7.10. The van der Waals surface area contributed by atoms with Gasteiger partial charge >= 0.3 is 0 Å². The lowest BCUT2D eigenvalue weighted by Gasteiger charge is -2.17. The molecule has 0 unspecified atom stereocenters. The molecule has 0 heterocycles. The molecule has 4 aromatic carbocycles. The summed E-state index contributed by atoms with van der Waals surface area (Å²) >= 11 is 1.88. The Hall–Kier alpha value is -2.25. The minimum absolute atomic E-state index is 1.03. The van der Waals surface area contributed by atoms with Crippen LogP contribution in [0.1, 0.15) is 11.1 Å². The third-order valence-corrected chi connectivity index (χ3v) is 5.30. The maximum absolute atomic E-state index is 2.30. The molecule has 0 aliphatic heterocycles. The summed E-state index contributed by atoms with van der Waals surface area (Å²) in [5.74, 6) is 1.03. The summed E-state index contributed by atoms with van der Waals surface area (Å²) in [6.45, 7) is 2.23. The third-order valence-electron chi connectivity index (χ3n) is 4.70. The number of aryl methyl sites for hydroxylation is 1. The van der Waals surface area contributed by atoms with Gasteiger partial charge < -0.3 is 0 Å². The van der Waals surface area contributed by atoms with E-state index in [0.717, 1.165) is 5.75 Å². The molecule has 0 atom stereocenters. The van der Waals surface area contributed by atoms with E-state index in [1.54, 1.807) is 0 Å². The van der Waals surface area contributed by atoms with E-state index in [-0.39, 0.29) is 0 Å². The van der Waals surface area contributed by atoms with Gasteiger partial charge in [0.25, 0.3) is 0 Å². The predicted octanol–water partition coefficient (Wildman–Crippen LogP) is 6.83. The molecule has 118 valence electrons. The Morgan fingerprint density at radius 3 is 1.92 bits per heavy atom. The SMILES string of the molecule is CSCc1ccc2ccccc2c1-c1c(C)ccc2ccccc12. The van der Waals surface area contributed by atoms with E-state index in [1.807, 2.05) is 11.8 Å². The second-order valence-electron chi connectivity index (χ2n) is 6.23. The van der Waals surface area contributed by atoms with Gasteiger partial charge in [0, 0.05) is 5.75 Å². The highest BCUT2D eigenvalue weighted by molar-refractivity contribution is 7.97. The van der Waals surface area contributed by atoms with Gasteiger partial charge in [0.05, 0.1) is 0 Å². The molecule has 0 amide bonds. The summed E-state index contributed by atoms with van der Waals surface area (Å²) in [5.41, 5.74) is 5.54. The molecule has 0 nitrogen and oxygen atoms in total. The van der Waals surface area contributed by atoms with Crippen LogP contribution in [0, 0.1) is 6.92 Å². The zero-order valence-electron chi connectivity index (χ0n) is 14.0. The van der Waals surface area contributed by atoms with Crippen molar-refractivity contribution in [3.63, 3.8) is 0 Å². The van der Waals surface area contributed by atoms with Crippen molar-refractivity contribution in [1.82, 2.24) is 0 Å². The fourth-order valence-electron chi connectivity index (χ4n) is 3.60. The van der Waals surface area contributed by atoms with Crippen molar-refractivity contribution < 1.29 is 0 Å². The molecule has 1 heteroatoms. The Morgan fingerprint density at radius 1 is 0.667 bits per heavy atom. The fourth-order valence-corrected chi connectivity index (χ4v) is 4.15. The number of hydrogen-bond donors (Lipinski definition) is 0. The van der Waals surface area contributed by atoms with Gasteiger partial charge in [-0.1, -0.05) is 72.8 Å². The largest absolute Gasteiger partial charge is 0.161 e. The molecule has 0 aromatic heterocycles. The minimum Gasteiger partial charge on any atom is -0.161 e. The molecule has 0 saturated carbocycles. The molecular formula is C23H20S. The number of fused-ring (bicyclic) bond motifs is 2. The molecule has 0 fully saturated rings. The summed E-state index contributed by atoms with van der Waals surface area (Å²) in [6, 6.07) is 26.5. The second kappa shape index (κ2) is 6.33. The lowest BCUT2D eigenvalue weighted by Crippen LogP contribution is -1.94. The van der Waals surface area contributed by atoms with Gasteiger partial charge in [-0.2, -0.15) is 11.8 Å². The average Bonchev–Trinajstić information content (AvgIpc) is 2.62. The van der Waals surface area contributed by atoms with Crippen molar-refractivity contribution in [1.29, 1.82) is 0 Å². The zero-order valence-corrected chi connectivity index (χ0v) is 14.9. The van der Waals surface area contributed by atoms with Crippen LogP contribution in [-0.4, -0.2) is 6.26 Å². The van der Waals surface area contributed by atoms with Crippen LogP contribution in [0.3, 0.4) is 0 Å². The monoisotopic (exact) mass is 328 g/mol. The van der Waals surface area contributed by atoms with Gasteiger partial charge in [-0.25, -0.2) is 0 Å². The van der Waals surface area contributed by atoms with Crippen LogP contribution in [0.25, 0.3) is 32.7 Å². The molecule has 24 heavy (non-hydrogen) atoms. The Balaban J connectivity index is 2.17. The Morgan fingerprint density at radius 2 is 1.25 bits per heavy atom. The molecule has 0 aliphatic rings. The normalized spacial score (nSPS) is 11.2. The van der Waals surface area contributed by atoms with Crippen LogP contribution < -0.4 is 0 Å². The lowest BCUT2D eigenvalue weighted by atomic mass is 9.88. The third kappa shape index (κ3) is 2.50. The van der Waals surface area contributed by atoms with Crippen molar-refractivity contribution in [3.05, 3.63) is 83.9 Å². The molecule has 0 spiro atoms. The van der Waals surface area contributed by atoms with Gasteiger partial charge in [0.2, 0.25) is 0 Å². The molecule has 4 rings (SSSR count). The van der Waals surface area contributed by atoms with E-state index >= 15 is 0 Å². The number of thioether (sulfide) groups is 1. The summed E-state index contributed by atoms with van der Waals surface area (Å²) < 4.78 is 0. The van der Waals surface area contributed by atoms with Crippen molar-refractivity contribution in [2.45, 2.75) is 12.7 Å². The van der Waals surface area contributed by atoms with E-state index in [1.165, 1.54) is 43.8 Å². The average molecular weight is 328 g/mol. The van der Waals surface area contributed by atoms with E-state index in [4.69, 9.17) is 0 Å². The highest BCUT2D eigenvalue weighted by Gasteiger charge is 2.14. The van der Waals surface area contributed by atoms with Gasteiger partial charge in [-0.3, -0.25) is 0 Å². The van der Waals surface area contributed by atoms with E-state index in [0.29, 0.717) is 0 Å². The van der Waals surface area contributed by atoms with Crippen molar-refractivity contribution in [3.8, 4) is 11.1 Å². The minimum atomic E-state index is 1.03.